The summed E-state index contributed by atoms with van der Waals surface area (Å²) in [4.78, 5) is 12.7. The number of benzene rings is 1. The van der Waals surface area contributed by atoms with Crippen molar-refractivity contribution in [3.05, 3.63) is 29.6 Å². The van der Waals surface area contributed by atoms with Gasteiger partial charge in [0.2, 0.25) is 0 Å². The summed E-state index contributed by atoms with van der Waals surface area (Å²) in [6, 6.07) is 4.60. The molecule has 4 heteroatoms. The maximum atomic E-state index is 14.1. The second-order valence-corrected chi connectivity index (χ2v) is 6.07. The van der Waals surface area contributed by atoms with Crippen LogP contribution in [-0.4, -0.2) is 30.1 Å². The number of halogens is 1. The van der Waals surface area contributed by atoms with Gasteiger partial charge in [0, 0.05) is 24.6 Å². The summed E-state index contributed by atoms with van der Waals surface area (Å²) in [5.41, 5.74) is 0.356. The largest absolute Gasteiger partial charge is 0.389 e. The fourth-order valence-corrected chi connectivity index (χ4v) is 3.64. The lowest BCUT2D eigenvalue weighted by Gasteiger charge is -2.48. The average molecular weight is 277 g/mol. The van der Waals surface area contributed by atoms with Crippen molar-refractivity contribution in [1.29, 1.82) is 0 Å². The lowest BCUT2D eigenvalue weighted by Crippen LogP contribution is -2.53. The van der Waals surface area contributed by atoms with Crippen LogP contribution in [0, 0.1) is 11.7 Å². The van der Waals surface area contributed by atoms with E-state index in [1.807, 2.05) is 4.90 Å². The molecule has 1 N–H and O–H groups in total. The topological polar surface area (TPSA) is 40.5 Å². The van der Waals surface area contributed by atoms with E-state index in [1.54, 1.807) is 12.1 Å². The Hall–Kier alpha value is -1.42. The van der Waals surface area contributed by atoms with Crippen LogP contribution >= 0.6 is 0 Å². The highest BCUT2D eigenvalue weighted by Crippen LogP contribution is 2.41. The van der Waals surface area contributed by atoms with E-state index in [2.05, 4.69) is 0 Å². The van der Waals surface area contributed by atoms with Crippen molar-refractivity contribution in [2.24, 2.45) is 5.92 Å². The molecule has 2 unspecified atom stereocenters. The molecule has 0 bridgehead atoms. The predicted octanol–water partition coefficient (Wildman–Crippen LogP) is 2.77. The molecule has 3 nitrogen and oxygen atoms in total. The smallest absolute Gasteiger partial charge is 0.150 e. The number of hydrogen-bond donors (Lipinski definition) is 1. The lowest BCUT2D eigenvalue weighted by atomic mass is 9.71. The summed E-state index contributed by atoms with van der Waals surface area (Å²) in [6.07, 6.45) is 5.48. The van der Waals surface area contributed by atoms with Crippen LogP contribution in [0.2, 0.25) is 0 Å². The van der Waals surface area contributed by atoms with Crippen molar-refractivity contribution >= 4 is 12.0 Å². The van der Waals surface area contributed by atoms with Gasteiger partial charge in [-0.25, -0.2) is 4.39 Å². The van der Waals surface area contributed by atoms with Gasteiger partial charge in [0.05, 0.1) is 11.3 Å². The molecule has 2 fully saturated rings. The predicted molar refractivity (Wildman–Crippen MR) is 75.5 cm³/mol. The maximum absolute atomic E-state index is 14.1. The molecular weight excluding hydrogens is 257 g/mol. The minimum absolute atomic E-state index is 0.232. The zero-order valence-corrected chi connectivity index (χ0v) is 11.5. The van der Waals surface area contributed by atoms with E-state index in [9.17, 15) is 14.3 Å². The van der Waals surface area contributed by atoms with Gasteiger partial charge in [-0.1, -0.05) is 12.8 Å². The molecule has 2 aliphatic rings. The zero-order valence-electron chi connectivity index (χ0n) is 11.5. The summed E-state index contributed by atoms with van der Waals surface area (Å²) in [6.45, 7) is 1.37. The molecule has 108 valence electrons. The number of aliphatic hydroxyl groups is 1. The fourth-order valence-electron chi connectivity index (χ4n) is 3.64. The summed E-state index contributed by atoms with van der Waals surface area (Å²) >= 11 is 0. The van der Waals surface area contributed by atoms with E-state index in [4.69, 9.17) is 0 Å². The molecule has 1 aromatic rings. The Morgan fingerprint density at radius 2 is 2.20 bits per heavy atom. The highest BCUT2D eigenvalue weighted by molar-refractivity contribution is 5.76. The van der Waals surface area contributed by atoms with Crippen LogP contribution in [0.3, 0.4) is 0 Å². The van der Waals surface area contributed by atoms with Gasteiger partial charge in [0.25, 0.3) is 0 Å². The SMILES string of the molecule is O=Cc1ccc(N2CCC3(O)CCCCC3C2)c(F)c1. The van der Waals surface area contributed by atoms with Crippen molar-refractivity contribution in [1.82, 2.24) is 0 Å². The Labute approximate surface area is 118 Å². The number of anilines is 1. The fraction of sp³-hybridized carbons (Fsp3) is 0.562. The number of carbonyl (C=O) groups excluding carboxylic acids is 1. The van der Waals surface area contributed by atoms with Gasteiger partial charge < -0.3 is 10.0 Å². The van der Waals surface area contributed by atoms with Crippen molar-refractivity contribution in [3.63, 3.8) is 0 Å². The molecule has 1 aliphatic heterocycles. The summed E-state index contributed by atoms with van der Waals surface area (Å²) in [5.74, 6) is -0.119. The molecule has 3 rings (SSSR count). The van der Waals surface area contributed by atoms with Crippen molar-refractivity contribution in [2.75, 3.05) is 18.0 Å². The van der Waals surface area contributed by atoms with Crippen molar-refractivity contribution in [2.45, 2.75) is 37.7 Å². The number of nitrogens with zero attached hydrogens (tertiary/aromatic N) is 1. The number of piperidine rings is 1. The van der Waals surface area contributed by atoms with E-state index in [0.717, 1.165) is 25.7 Å². The van der Waals surface area contributed by atoms with E-state index in [1.165, 1.54) is 6.07 Å². The summed E-state index contributed by atoms with van der Waals surface area (Å²) < 4.78 is 14.1. The molecule has 0 spiro atoms. The number of fused-ring (bicyclic) bond motifs is 1. The molecule has 20 heavy (non-hydrogen) atoms. The molecule has 1 heterocycles. The van der Waals surface area contributed by atoms with Crippen LogP contribution in [-0.2, 0) is 0 Å². The van der Waals surface area contributed by atoms with Gasteiger partial charge in [0.1, 0.15) is 12.1 Å². The van der Waals surface area contributed by atoms with E-state index in [-0.39, 0.29) is 11.7 Å². The quantitative estimate of drug-likeness (QED) is 0.845. The molecule has 0 aromatic heterocycles. The summed E-state index contributed by atoms with van der Waals surface area (Å²) in [5, 5.41) is 10.6. The molecule has 1 saturated carbocycles. The van der Waals surface area contributed by atoms with Gasteiger partial charge in [-0.3, -0.25) is 4.79 Å². The van der Waals surface area contributed by atoms with Gasteiger partial charge in [-0.05, 0) is 37.5 Å². The molecule has 2 atom stereocenters. The monoisotopic (exact) mass is 277 g/mol. The first kappa shape index (κ1) is 13.6. The van der Waals surface area contributed by atoms with Crippen LogP contribution in [0.4, 0.5) is 10.1 Å². The first-order valence-electron chi connectivity index (χ1n) is 7.34. The highest BCUT2D eigenvalue weighted by atomic mass is 19.1. The van der Waals surface area contributed by atoms with Crippen LogP contribution < -0.4 is 4.90 Å². The second kappa shape index (κ2) is 5.17. The van der Waals surface area contributed by atoms with Gasteiger partial charge in [-0.15, -0.1) is 0 Å². The first-order valence-corrected chi connectivity index (χ1v) is 7.34. The van der Waals surface area contributed by atoms with Crippen LogP contribution in [0.1, 0.15) is 42.5 Å². The van der Waals surface area contributed by atoms with E-state index in [0.29, 0.717) is 37.0 Å². The zero-order chi connectivity index (χ0) is 14.2. The normalized spacial score (nSPS) is 29.9. The van der Waals surface area contributed by atoms with E-state index < -0.39 is 5.60 Å². The molecule has 0 amide bonds. The number of hydrogen-bond acceptors (Lipinski definition) is 3. The standard InChI is InChI=1S/C16H20FNO2/c17-14-9-12(11-19)4-5-15(14)18-8-7-16(20)6-2-1-3-13(16)10-18/h4-5,9,11,13,20H,1-3,6-8,10H2. The Morgan fingerprint density at radius 1 is 1.35 bits per heavy atom. The maximum Gasteiger partial charge on any atom is 0.150 e. The van der Waals surface area contributed by atoms with Crippen LogP contribution in [0.25, 0.3) is 0 Å². The Morgan fingerprint density at radius 3 is 2.95 bits per heavy atom. The Bertz CT molecular complexity index is 519. The van der Waals surface area contributed by atoms with Gasteiger partial charge in [0.15, 0.2) is 0 Å². The minimum atomic E-state index is -0.548. The van der Waals surface area contributed by atoms with Crippen LogP contribution in [0.5, 0.6) is 0 Å². The van der Waals surface area contributed by atoms with E-state index >= 15 is 0 Å². The van der Waals surface area contributed by atoms with Crippen molar-refractivity contribution in [3.8, 4) is 0 Å². The van der Waals surface area contributed by atoms with Gasteiger partial charge in [-0.2, -0.15) is 0 Å². The molecule has 1 aliphatic carbocycles. The van der Waals surface area contributed by atoms with Gasteiger partial charge >= 0.3 is 0 Å². The summed E-state index contributed by atoms with van der Waals surface area (Å²) in [7, 11) is 0. The molecule has 1 saturated heterocycles. The number of aldehydes is 1. The molecular formula is C16H20FNO2. The van der Waals surface area contributed by atoms with Crippen molar-refractivity contribution < 1.29 is 14.3 Å². The molecule has 0 radical (unpaired) electrons. The highest BCUT2D eigenvalue weighted by Gasteiger charge is 2.43. The third-order valence-corrected chi connectivity index (χ3v) is 4.88. The second-order valence-electron chi connectivity index (χ2n) is 6.07. The third-order valence-electron chi connectivity index (χ3n) is 4.88. The minimum Gasteiger partial charge on any atom is -0.389 e. The molecule has 1 aromatic carbocycles. The first-order chi connectivity index (χ1) is 9.62. The number of carbonyl (C=O) groups is 1. The average Bonchev–Trinajstić information content (AvgIpc) is 2.46. The third kappa shape index (κ3) is 2.33. The Balaban J connectivity index is 1.80. The Kier molecular flexibility index (Phi) is 3.50. The number of rotatable bonds is 2. The van der Waals surface area contributed by atoms with Crippen LogP contribution in [0.15, 0.2) is 18.2 Å². The lowest BCUT2D eigenvalue weighted by molar-refractivity contribution is -0.0613.